The lowest BCUT2D eigenvalue weighted by Gasteiger charge is -2.22. The zero-order chi connectivity index (χ0) is 22.0. The molecule has 1 aliphatic rings. The fraction of sp³-hybridized carbons (Fsp3) is 0.318. The Balaban J connectivity index is 2.19. The van der Waals surface area contributed by atoms with E-state index in [-0.39, 0.29) is 30.1 Å². The van der Waals surface area contributed by atoms with E-state index in [9.17, 15) is 29.7 Å². The number of hydrogen-bond acceptors (Lipinski definition) is 6. The molecule has 2 aromatic carbocycles. The molecule has 0 saturated carbocycles. The van der Waals surface area contributed by atoms with Crippen LogP contribution in [-0.2, 0) is 20.8 Å². The van der Waals surface area contributed by atoms with E-state index in [2.05, 4.69) is 10.6 Å². The van der Waals surface area contributed by atoms with Crippen molar-refractivity contribution in [2.75, 3.05) is 7.05 Å². The fourth-order valence-electron chi connectivity index (χ4n) is 3.65. The van der Waals surface area contributed by atoms with E-state index in [0.29, 0.717) is 22.3 Å². The van der Waals surface area contributed by atoms with E-state index in [1.165, 1.54) is 12.1 Å². The van der Waals surface area contributed by atoms with Crippen molar-refractivity contribution in [2.24, 2.45) is 5.92 Å². The number of carbonyl (C=O) groups is 3. The molecule has 3 atom stereocenters. The predicted molar refractivity (Wildman–Crippen MR) is 109 cm³/mol. The van der Waals surface area contributed by atoms with Crippen LogP contribution in [-0.4, -0.2) is 46.1 Å². The molecule has 2 aromatic rings. The Bertz CT molecular complexity index is 1000. The molecule has 8 nitrogen and oxygen atoms in total. The third-order valence-electron chi connectivity index (χ3n) is 5.33. The Morgan fingerprint density at radius 1 is 1.03 bits per heavy atom. The van der Waals surface area contributed by atoms with Crippen LogP contribution >= 0.6 is 0 Å². The zero-order valence-electron chi connectivity index (χ0n) is 16.7. The minimum atomic E-state index is -1.21. The number of aromatic hydroxyl groups is 2. The van der Waals surface area contributed by atoms with Gasteiger partial charge >= 0.3 is 5.97 Å². The number of carboxylic acid groups (broad SMARTS) is 1. The summed E-state index contributed by atoms with van der Waals surface area (Å²) < 4.78 is 0. The molecule has 4 bridgehead atoms. The summed E-state index contributed by atoms with van der Waals surface area (Å²) in [5.74, 6) is -2.88. The molecule has 1 amide bonds. The number of phenols is 2. The minimum absolute atomic E-state index is 0.0192. The molecule has 0 aliphatic carbocycles. The maximum Gasteiger partial charge on any atom is 0.326 e. The SMILES string of the molecule is CN[C@@H]1C(=O)C[C@@H](C)C(=O)N[C@H](C(=O)O)Cc2ccc(O)c(c2)-c2cc1ccc2O. The summed E-state index contributed by atoms with van der Waals surface area (Å²) in [4.78, 5) is 37.1. The third kappa shape index (κ3) is 4.28. The first-order valence-electron chi connectivity index (χ1n) is 9.59. The van der Waals surface area contributed by atoms with Gasteiger partial charge in [0.25, 0.3) is 0 Å². The molecule has 1 heterocycles. The summed E-state index contributed by atoms with van der Waals surface area (Å²) in [5, 5.41) is 35.7. The molecule has 0 radical (unpaired) electrons. The van der Waals surface area contributed by atoms with Gasteiger partial charge in [-0.2, -0.15) is 0 Å². The maximum absolute atomic E-state index is 12.9. The highest BCUT2D eigenvalue weighted by atomic mass is 16.4. The summed E-state index contributed by atoms with van der Waals surface area (Å²) >= 11 is 0. The Morgan fingerprint density at radius 3 is 2.30 bits per heavy atom. The van der Waals surface area contributed by atoms with Crippen LogP contribution in [0.3, 0.4) is 0 Å². The molecule has 0 fully saturated rings. The van der Waals surface area contributed by atoms with Crippen molar-refractivity contribution in [2.45, 2.75) is 31.8 Å². The normalized spacial score (nSPS) is 22.1. The smallest absolute Gasteiger partial charge is 0.326 e. The van der Waals surface area contributed by atoms with E-state index in [0.717, 1.165) is 0 Å². The average molecular weight is 412 g/mol. The van der Waals surface area contributed by atoms with Crippen molar-refractivity contribution < 1.29 is 29.7 Å². The second-order valence-corrected chi connectivity index (χ2v) is 7.52. The second-order valence-electron chi connectivity index (χ2n) is 7.52. The zero-order valence-corrected chi connectivity index (χ0v) is 16.7. The molecular weight excluding hydrogens is 388 g/mol. The lowest BCUT2D eigenvalue weighted by molar-refractivity contribution is -0.142. The van der Waals surface area contributed by atoms with Crippen molar-refractivity contribution in [3.63, 3.8) is 0 Å². The van der Waals surface area contributed by atoms with E-state index < -0.39 is 29.9 Å². The standard InChI is InChI=1S/C22H24N2O6/c1-11-7-19(27)20(23-2)13-4-6-18(26)15(10-13)14-8-12(3-5-17(14)25)9-16(22(29)30)24-21(11)28/h3-6,8,10-11,16,20,23,25-26H,7,9H2,1-2H3,(H,24,28)(H,29,30)/t11-,16+,20+/m1/s1. The fourth-order valence-corrected chi connectivity index (χ4v) is 3.65. The van der Waals surface area contributed by atoms with E-state index >= 15 is 0 Å². The highest BCUT2D eigenvalue weighted by molar-refractivity contribution is 5.92. The number of phenolic OH excluding ortho intramolecular Hbond substituents is 2. The number of rotatable bonds is 2. The molecule has 0 saturated heterocycles. The summed E-state index contributed by atoms with van der Waals surface area (Å²) in [6.07, 6.45) is -0.106. The Morgan fingerprint density at radius 2 is 1.67 bits per heavy atom. The number of fused-ring (bicyclic) bond motifs is 5. The van der Waals surface area contributed by atoms with Gasteiger partial charge in [0.05, 0.1) is 6.04 Å². The van der Waals surface area contributed by atoms with E-state index in [4.69, 9.17) is 0 Å². The van der Waals surface area contributed by atoms with Gasteiger partial charge in [-0.3, -0.25) is 9.59 Å². The van der Waals surface area contributed by atoms with E-state index in [1.54, 1.807) is 38.2 Å². The highest BCUT2D eigenvalue weighted by Crippen LogP contribution is 2.38. The molecule has 0 spiro atoms. The minimum Gasteiger partial charge on any atom is -0.507 e. The molecule has 5 N–H and O–H groups in total. The summed E-state index contributed by atoms with van der Waals surface area (Å²) in [7, 11) is 1.61. The van der Waals surface area contributed by atoms with Crippen LogP contribution in [0.15, 0.2) is 36.4 Å². The van der Waals surface area contributed by atoms with Gasteiger partial charge in [0.2, 0.25) is 5.91 Å². The van der Waals surface area contributed by atoms with Crippen LogP contribution in [0, 0.1) is 5.92 Å². The van der Waals surface area contributed by atoms with Gasteiger partial charge in [-0.1, -0.05) is 19.1 Å². The molecule has 8 heteroatoms. The number of likely N-dealkylation sites (N-methyl/N-ethyl adjacent to an activating group) is 1. The Kier molecular flexibility index (Phi) is 6.07. The molecule has 30 heavy (non-hydrogen) atoms. The average Bonchev–Trinajstić information content (AvgIpc) is 2.69. The molecule has 0 aromatic heterocycles. The summed E-state index contributed by atoms with van der Waals surface area (Å²) in [6.45, 7) is 1.58. The van der Waals surface area contributed by atoms with E-state index in [1.807, 2.05) is 0 Å². The van der Waals surface area contributed by atoms with Crippen molar-refractivity contribution in [1.29, 1.82) is 0 Å². The highest BCUT2D eigenvalue weighted by Gasteiger charge is 2.28. The molecule has 158 valence electrons. The number of aliphatic carboxylic acids is 1. The van der Waals surface area contributed by atoms with Crippen molar-refractivity contribution in [3.8, 4) is 22.6 Å². The Hall–Kier alpha value is -3.39. The number of Topliss-reactive ketones (excluding diaryl/α,β-unsaturated/α-hetero) is 1. The number of hydrogen-bond donors (Lipinski definition) is 5. The van der Waals surface area contributed by atoms with Crippen LogP contribution in [0.5, 0.6) is 11.5 Å². The lowest BCUT2D eigenvalue weighted by Crippen LogP contribution is -2.45. The van der Waals surface area contributed by atoms with Crippen LogP contribution in [0.25, 0.3) is 11.1 Å². The number of amides is 1. The molecule has 0 unspecified atom stereocenters. The first-order chi connectivity index (χ1) is 14.2. The van der Waals surface area contributed by atoms with Gasteiger partial charge in [0.1, 0.15) is 17.5 Å². The number of ketones is 1. The van der Waals surface area contributed by atoms with Crippen LogP contribution in [0.4, 0.5) is 0 Å². The second kappa shape index (κ2) is 8.54. The monoisotopic (exact) mass is 412 g/mol. The van der Waals surface area contributed by atoms with Gasteiger partial charge < -0.3 is 26.0 Å². The van der Waals surface area contributed by atoms with Crippen molar-refractivity contribution in [1.82, 2.24) is 10.6 Å². The van der Waals surface area contributed by atoms with Gasteiger partial charge in [0, 0.05) is 29.9 Å². The van der Waals surface area contributed by atoms with Crippen LogP contribution < -0.4 is 10.6 Å². The van der Waals surface area contributed by atoms with Crippen LogP contribution in [0.2, 0.25) is 0 Å². The number of carbonyl (C=O) groups excluding carboxylic acids is 2. The number of carboxylic acids is 1. The van der Waals surface area contributed by atoms with Crippen molar-refractivity contribution in [3.05, 3.63) is 47.5 Å². The topological polar surface area (TPSA) is 136 Å². The first kappa shape index (κ1) is 21.3. The van der Waals surface area contributed by atoms with Gasteiger partial charge in [-0.05, 0) is 42.4 Å². The quantitative estimate of drug-likeness (QED) is 0.507. The molecule has 1 aliphatic heterocycles. The van der Waals surface area contributed by atoms with Gasteiger partial charge in [-0.25, -0.2) is 4.79 Å². The first-order valence-corrected chi connectivity index (χ1v) is 9.59. The molecular formula is C22H24N2O6. The molecule has 3 rings (SSSR count). The Labute approximate surface area is 173 Å². The third-order valence-corrected chi connectivity index (χ3v) is 5.33. The van der Waals surface area contributed by atoms with Gasteiger partial charge in [-0.15, -0.1) is 0 Å². The summed E-state index contributed by atoms with van der Waals surface area (Å²) in [6, 6.07) is 7.27. The van der Waals surface area contributed by atoms with Crippen molar-refractivity contribution >= 4 is 17.7 Å². The number of nitrogens with one attached hydrogen (secondary N) is 2. The van der Waals surface area contributed by atoms with Gasteiger partial charge in [0.15, 0.2) is 5.78 Å². The lowest BCUT2D eigenvalue weighted by atomic mass is 9.90. The maximum atomic E-state index is 12.9. The predicted octanol–water partition coefficient (Wildman–Crippen LogP) is 1.75. The largest absolute Gasteiger partial charge is 0.507 e. The van der Waals surface area contributed by atoms with Crippen LogP contribution in [0.1, 0.15) is 30.5 Å². The number of benzene rings is 2. The summed E-state index contributed by atoms with van der Waals surface area (Å²) in [5.41, 5.74) is 1.76.